The van der Waals surface area contributed by atoms with E-state index in [0.717, 1.165) is 27.0 Å². The summed E-state index contributed by atoms with van der Waals surface area (Å²) in [7, 11) is 0. The monoisotopic (exact) mass is 442 g/mol. The second-order valence-corrected chi connectivity index (χ2v) is 9.78. The SMILES string of the molecule is Cc1sc(C2C(C#N)=C(N)OC3=C2C(=O)CCC3)cc1CSc1ccc(Cl)cc1. The van der Waals surface area contributed by atoms with Crippen molar-refractivity contribution in [3.63, 3.8) is 0 Å². The van der Waals surface area contributed by atoms with Crippen LogP contribution in [0.1, 0.15) is 40.5 Å². The standard InChI is InChI=1S/C22H19ClN2O2S2/c1-12-13(11-28-15-7-5-14(23)6-8-15)9-19(29-12)20-16(10-24)22(25)27-18-4-2-3-17(26)21(18)20/h5-9,20H,2-4,11,25H2,1H3. The number of ether oxygens (including phenoxy) is 1. The summed E-state index contributed by atoms with van der Waals surface area (Å²) >= 11 is 9.31. The van der Waals surface area contributed by atoms with E-state index >= 15 is 0 Å². The number of carbonyl (C=O) groups is 1. The lowest BCUT2D eigenvalue weighted by Crippen LogP contribution is -2.27. The van der Waals surface area contributed by atoms with Gasteiger partial charge < -0.3 is 10.5 Å². The van der Waals surface area contributed by atoms with Gasteiger partial charge in [-0.3, -0.25) is 4.79 Å². The number of benzene rings is 1. The van der Waals surface area contributed by atoms with Gasteiger partial charge in [-0.05, 0) is 49.2 Å². The number of aryl methyl sites for hydroxylation is 1. The van der Waals surface area contributed by atoms with Gasteiger partial charge in [0.1, 0.15) is 17.4 Å². The van der Waals surface area contributed by atoms with Gasteiger partial charge in [-0.1, -0.05) is 11.6 Å². The smallest absolute Gasteiger partial charge is 0.205 e. The molecule has 7 heteroatoms. The normalized spacial score (nSPS) is 19.1. The van der Waals surface area contributed by atoms with Crippen molar-refractivity contribution < 1.29 is 9.53 Å². The van der Waals surface area contributed by atoms with Crippen LogP contribution in [0.3, 0.4) is 0 Å². The number of nitrogens with zero attached hydrogens (tertiary/aromatic N) is 1. The van der Waals surface area contributed by atoms with E-state index in [1.165, 1.54) is 10.4 Å². The zero-order chi connectivity index (χ0) is 20.5. The summed E-state index contributed by atoms with van der Waals surface area (Å²) in [5, 5.41) is 10.4. The molecular weight excluding hydrogens is 424 g/mol. The molecule has 4 nitrogen and oxygen atoms in total. The maximum absolute atomic E-state index is 12.7. The van der Waals surface area contributed by atoms with Gasteiger partial charge in [0.25, 0.3) is 0 Å². The molecule has 0 fully saturated rings. The summed E-state index contributed by atoms with van der Waals surface area (Å²) in [5.41, 5.74) is 8.17. The van der Waals surface area contributed by atoms with Crippen LogP contribution < -0.4 is 5.73 Å². The average Bonchev–Trinajstić information content (AvgIpc) is 3.07. The Morgan fingerprint density at radius 3 is 2.83 bits per heavy atom. The Labute approximate surface area is 183 Å². The van der Waals surface area contributed by atoms with E-state index in [4.69, 9.17) is 22.1 Å². The van der Waals surface area contributed by atoms with Crippen molar-refractivity contribution in [2.75, 3.05) is 0 Å². The molecule has 0 saturated heterocycles. The number of hydrogen-bond donors (Lipinski definition) is 1. The van der Waals surface area contributed by atoms with Gasteiger partial charge in [0.2, 0.25) is 5.88 Å². The fourth-order valence-corrected chi connectivity index (χ4v) is 6.00. The van der Waals surface area contributed by atoms with Crippen molar-refractivity contribution in [2.24, 2.45) is 5.73 Å². The Balaban J connectivity index is 1.66. The summed E-state index contributed by atoms with van der Waals surface area (Å²) in [4.78, 5) is 16.0. The molecule has 2 aliphatic rings. The number of Topliss-reactive ketones (excluding diaryl/α,β-unsaturated/α-hetero) is 1. The minimum absolute atomic E-state index is 0.0552. The fourth-order valence-electron chi connectivity index (χ4n) is 3.66. The van der Waals surface area contributed by atoms with E-state index in [2.05, 4.69) is 19.1 Å². The van der Waals surface area contributed by atoms with E-state index in [1.54, 1.807) is 23.1 Å². The number of nitriles is 1. The van der Waals surface area contributed by atoms with E-state index < -0.39 is 5.92 Å². The molecule has 1 aliphatic heterocycles. The predicted octanol–water partition coefficient (Wildman–Crippen LogP) is 5.82. The topological polar surface area (TPSA) is 76.1 Å². The molecule has 29 heavy (non-hydrogen) atoms. The molecule has 0 saturated carbocycles. The van der Waals surface area contributed by atoms with Crippen molar-refractivity contribution in [3.05, 3.63) is 73.5 Å². The van der Waals surface area contributed by atoms with Gasteiger partial charge in [0, 0.05) is 43.8 Å². The van der Waals surface area contributed by atoms with Crippen LogP contribution in [-0.4, -0.2) is 5.78 Å². The third-order valence-electron chi connectivity index (χ3n) is 5.14. The average molecular weight is 443 g/mol. The molecule has 0 amide bonds. The predicted molar refractivity (Wildman–Crippen MR) is 117 cm³/mol. The summed E-state index contributed by atoms with van der Waals surface area (Å²) in [5.74, 6) is 1.18. The number of carbonyl (C=O) groups excluding carboxylic acids is 1. The minimum atomic E-state index is -0.422. The molecular formula is C22H19ClN2O2S2. The lowest BCUT2D eigenvalue weighted by atomic mass is 9.80. The Morgan fingerprint density at radius 1 is 1.34 bits per heavy atom. The van der Waals surface area contributed by atoms with Crippen molar-refractivity contribution >= 4 is 40.5 Å². The van der Waals surface area contributed by atoms with Gasteiger partial charge in [-0.2, -0.15) is 5.26 Å². The van der Waals surface area contributed by atoms with Gasteiger partial charge >= 0.3 is 0 Å². The minimum Gasteiger partial charge on any atom is -0.444 e. The van der Waals surface area contributed by atoms with E-state index in [9.17, 15) is 10.1 Å². The first-order valence-electron chi connectivity index (χ1n) is 9.29. The van der Waals surface area contributed by atoms with Gasteiger partial charge in [0.15, 0.2) is 5.78 Å². The summed E-state index contributed by atoms with van der Waals surface area (Å²) in [6.07, 6.45) is 1.92. The molecule has 1 atom stereocenters. The number of thiophene rings is 1. The number of nitrogens with two attached hydrogens (primary N) is 1. The molecule has 0 radical (unpaired) electrons. The number of rotatable bonds is 4. The van der Waals surface area contributed by atoms with Crippen LogP contribution in [0.4, 0.5) is 0 Å². The molecule has 1 aromatic heterocycles. The molecule has 1 aromatic carbocycles. The second-order valence-electron chi connectivity index (χ2n) is 7.01. The molecule has 148 valence electrons. The molecule has 2 heterocycles. The van der Waals surface area contributed by atoms with Crippen molar-refractivity contribution in [2.45, 2.75) is 42.8 Å². The Bertz CT molecular complexity index is 1080. The maximum Gasteiger partial charge on any atom is 0.205 e. The molecule has 1 unspecified atom stereocenters. The Kier molecular flexibility index (Phi) is 5.73. The van der Waals surface area contributed by atoms with Crippen molar-refractivity contribution in [1.82, 2.24) is 0 Å². The Morgan fingerprint density at radius 2 is 2.10 bits per heavy atom. The number of hydrogen-bond acceptors (Lipinski definition) is 6. The molecule has 0 spiro atoms. The van der Waals surface area contributed by atoms with E-state index in [0.29, 0.717) is 29.7 Å². The summed E-state index contributed by atoms with van der Waals surface area (Å²) < 4.78 is 5.65. The highest BCUT2D eigenvalue weighted by Gasteiger charge is 2.38. The quantitative estimate of drug-likeness (QED) is 0.604. The summed E-state index contributed by atoms with van der Waals surface area (Å²) in [6, 6.07) is 12.1. The van der Waals surface area contributed by atoms with Crippen LogP contribution in [0.2, 0.25) is 5.02 Å². The highest BCUT2D eigenvalue weighted by atomic mass is 35.5. The third-order valence-corrected chi connectivity index (χ3v) is 7.61. The van der Waals surface area contributed by atoms with Crippen LogP contribution in [-0.2, 0) is 15.3 Å². The zero-order valence-electron chi connectivity index (χ0n) is 15.8. The fraction of sp³-hybridized carbons (Fsp3) is 0.273. The number of thioether (sulfide) groups is 1. The van der Waals surface area contributed by atoms with Crippen molar-refractivity contribution in [1.29, 1.82) is 5.26 Å². The molecule has 0 bridgehead atoms. The molecule has 1 aliphatic carbocycles. The van der Waals surface area contributed by atoms with Gasteiger partial charge in [-0.15, -0.1) is 23.1 Å². The van der Waals surface area contributed by atoms with E-state index in [1.807, 2.05) is 24.3 Å². The first kappa shape index (κ1) is 20.1. The first-order valence-corrected chi connectivity index (χ1v) is 11.5. The van der Waals surface area contributed by atoms with Crippen LogP contribution in [0.25, 0.3) is 0 Å². The first-order chi connectivity index (χ1) is 14.0. The number of allylic oxidation sites excluding steroid dienone is 3. The van der Waals surface area contributed by atoms with Gasteiger partial charge in [0.05, 0.1) is 5.92 Å². The van der Waals surface area contributed by atoms with Crippen LogP contribution in [0.5, 0.6) is 0 Å². The third kappa shape index (κ3) is 3.95. The highest BCUT2D eigenvalue weighted by molar-refractivity contribution is 7.98. The number of halogens is 1. The lowest BCUT2D eigenvalue weighted by Gasteiger charge is -2.30. The highest BCUT2D eigenvalue weighted by Crippen LogP contribution is 2.46. The summed E-state index contributed by atoms with van der Waals surface area (Å²) in [6.45, 7) is 2.07. The van der Waals surface area contributed by atoms with E-state index in [-0.39, 0.29) is 11.7 Å². The largest absolute Gasteiger partial charge is 0.444 e. The second kappa shape index (κ2) is 8.27. The number of ketones is 1. The van der Waals surface area contributed by atoms with Gasteiger partial charge in [-0.25, -0.2) is 0 Å². The van der Waals surface area contributed by atoms with Crippen LogP contribution in [0, 0.1) is 18.3 Å². The Hall–Kier alpha value is -2.20. The zero-order valence-corrected chi connectivity index (χ0v) is 18.2. The van der Waals surface area contributed by atoms with Crippen molar-refractivity contribution in [3.8, 4) is 6.07 Å². The molecule has 2 aromatic rings. The maximum atomic E-state index is 12.7. The molecule has 2 N–H and O–H groups in total. The van der Waals surface area contributed by atoms with Crippen LogP contribution >= 0.6 is 34.7 Å². The van der Waals surface area contributed by atoms with Crippen LogP contribution in [0.15, 0.2) is 58.0 Å². The molecule has 4 rings (SSSR count). The lowest BCUT2D eigenvalue weighted by molar-refractivity contribution is -0.116.